The van der Waals surface area contributed by atoms with E-state index >= 15 is 0 Å². The highest BCUT2D eigenvalue weighted by Crippen LogP contribution is 2.12. The normalized spacial score (nSPS) is 11.2. The summed E-state index contributed by atoms with van der Waals surface area (Å²) in [4.78, 5) is 11.4. The summed E-state index contributed by atoms with van der Waals surface area (Å²) in [5.41, 5.74) is 1.58. The van der Waals surface area contributed by atoms with Gasteiger partial charge in [-0.05, 0) is 27.2 Å². The van der Waals surface area contributed by atoms with E-state index in [2.05, 4.69) is 22.7 Å². The molecule has 1 rings (SSSR count). The number of aromatic nitrogens is 2. The molecule has 0 aliphatic heterocycles. The molecule has 0 radical (unpaired) electrons. The zero-order chi connectivity index (χ0) is 14.5. The molecule has 19 heavy (non-hydrogen) atoms. The minimum Gasteiger partial charge on any atom is -0.444 e. The zero-order valence-electron chi connectivity index (χ0n) is 12.4. The molecule has 0 aliphatic rings. The fourth-order valence-electron chi connectivity index (χ4n) is 1.62. The van der Waals surface area contributed by atoms with Gasteiger partial charge in [0.05, 0.1) is 11.4 Å². The van der Waals surface area contributed by atoms with Crippen molar-refractivity contribution in [1.82, 2.24) is 15.1 Å². The minimum absolute atomic E-state index is 0.392. The third-order valence-electron chi connectivity index (χ3n) is 2.35. The Kier molecular flexibility index (Phi) is 5.20. The summed E-state index contributed by atoms with van der Waals surface area (Å²) >= 11 is 0. The lowest BCUT2D eigenvalue weighted by atomic mass is 10.2. The monoisotopic (exact) mass is 268 g/mol. The first-order chi connectivity index (χ1) is 8.81. The van der Waals surface area contributed by atoms with Crippen molar-refractivity contribution >= 4 is 11.8 Å². The van der Waals surface area contributed by atoms with Gasteiger partial charge in [0.25, 0.3) is 0 Å². The van der Waals surface area contributed by atoms with Gasteiger partial charge in [0, 0.05) is 26.3 Å². The van der Waals surface area contributed by atoms with Crippen molar-refractivity contribution in [3.63, 3.8) is 0 Å². The van der Waals surface area contributed by atoms with Crippen molar-refractivity contribution in [2.75, 3.05) is 18.4 Å². The van der Waals surface area contributed by atoms with Gasteiger partial charge in [0.2, 0.25) is 0 Å². The van der Waals surface area contributed by atoms with Gasteiger partial charge in [-0.2, -0.15) is 5.10 Å². The van der Waals surface area contributed by atoms with Gasteiger partial charge in [-0.15, -0.1) is 0 Å². The minimum atomic E-state index is -0.462. The van der Waals surface area contributed by atoms with Crippen molar-refractivity contribution in [2.45, 2.75) is 39.7 Å². The number of amides is 1. The maximum absolute atomic E-state index is 11.4. The fourth-order valence-corrected chi connectivity index (χ4v) is 1.62. The molecule has 0 spiro atoms. The predicted molar refractivity (Wildman–Crippen MR) is 75.3 cm³/mol. The third-order valence-corrected chi connectivity index (χ3v) is 2.35. The van der Waals surface area contributed by atoms with Gasteiger partial charge < -0.3 is 15.4 Å². The summed E-state index contributed by atoms with van der Waals surface area (Å²) in [6.07, 6.45) is 2.42. The molecule has 0 fully saturated rings. The zero-order valence-corrected chi connectivity index (χ0v) is 12.4. The van der Waals surface area contributed by atoms with Crippen molar-refractivity contribution in [1.29, 1.82) is 0 Å². The Hall–Kier alpha value is -1.72. The van der Waals surface area contributed by atoms with E-state index in [1.807, 2.05) is 34.0 Å². The molecule has 0 saturated carbocycles. The first-order valence-electron chi connectivity index (χ1n) is 6.55. The molecule has 108 valence electrons. The maximum Gasteiger partial charge on any atom is 0.407 e. The molecule has 6 heteroatoms. The average Bonchev–Trinajstić information content (AvgIpc) is 2.63. The van der Waals surface area contributed by atoms with Crippen LogP contribution in [-0.2, 0) is 18.2 Å². The Morgan fingerprint density at radius 2 is 2.11 bits per heavy atom. The van der Waals surface area contributed by atoms with Gasteiger partial charge in [0.15, 0.2) is 0 Å². The molecule has 0 atom stereocenters. The van der Waals surface area contributed by atoms with Crippen molar-refractivity contribution in [3.8, 4) is 0 Å². The van der Waals surface area contributed by atoms with Gasteiger partial charge in [-0.1, -0.05) is 6.92 Å². The lowest BCUT2D eigenvalue weighted by Crippen LogP contribution is -2.35. The highest BCUT2D eigenvalue weighted by Gasteiger charge is 2.15. The second-order valence-corrected chi connectivity index (χ2v) is 5.37. The number of carbonyl (C=O) groups is 1. The van der Waals surface area contributed by atoms with E-state index in [0.29, 0.717) is 13.1 Å². The summed E-state index contributed by atoms with van der Waals surface area (Å²) in [5, 5.41) is 10.3. The van der Waals surface area contributed by atoms with Crippen molar-refractivity contribution < 1.29 is 9.53 Å². The molecular formula is C13H24N4O2. The predicted octanol–water partition coefficient (Wildman–Crippen LogP) is 1.92. The first-order valence-corrected chi connectivity index (χ1v) is 6.55. The van der Waals surface area contributed by atoms with E-state index < -0.39 is 11.7 Å². The highest BCUT2D eigenvalue weighted by atomic mass is 16.6. The van der Waals surface area contributed by atoms with Crippen LogP contribution in [0.5, 0.6) is 0 Å². The molecule has 0 aromatic carbocycles. The lowest BCUT2D eigenvalue weighted by Gasteiger charge is -2.19. The van der Waals surface area contributed by atoms with Crippen LogP contribution in [0, 0.1) is 0 Å². The van der Waals surface area contributed by atoms with Crippen LogP contribution >= 0.6 is 0 Å². The maximum atomic E-state index is 11.4. The molecule has 1 aromatic rings. The summed E-state index contributed by atoms with van der Waals surface area (Å²) in [6.45, 7) is 8.73. The molecule has 0 aliphatic carbocycles. The SMILES string of the molecule is CCc1nn(C)cc1NCCNC(=O)OC(C)(C)C. The van der Waals surface area contributed by atoms with Gasteiger partial charge in [-0.3, -0.25) is 4.68 Å². The Morgan fingerprint density at radius 3 is 2.68 bits per heavy atom. The molecule has 0 bridgehead atoms. The van der Waals surface area contributed by atoms with Crippen LogP contribution in [0.4, 0.5) is 10.5 Å². The number of hydrogen-bond donors (Lipinski definition) is 2. The van der Waals surface area contributed by atoms with E-state index in [1.165, 1.54) is 0 Å². The number of alkyl carbamates (subject to hydrolysis) is 1. The molecule has 1 aromatic heterocycles. The average molecular weight is 268 g/mol. The first kappa shape index (κ1) is 15.3. The number of rotatable bonds is 5. The lowest BCUT2D eigenvalue weighted by molar-refractivity contribution is 0.0530. The Morgan fingerprint density at radius 1 is 1.42 bits per heavy atom. The summed E-state index contributed by atoms with van der Waals surface area (Å²) in [7, 11) is 1.89. The van der Waals surface area contributed by atoms with Gasteiger partial charge >= 0.3 is 6.09 Å². The molecule has 2 N–H and O–H groups in total. The molecule has 1 amide bonds. The Bertz CT molecular complexity index is 421. The summed E-state index contributed by atoms with van der Waals surface area (Å²) in [6, 6.07) is 0. The Labute approximate surface area is 114 Å². The molecule has 0 unspecified atom stereocenters. The van der Waals surface area contributed by atoms with E-state index in [4.69, 9.17) is 4.74 Å². The summed E-state index contributed by atoms with van der Waals surface area (Å²) in [5.74, 6) is 0. The van der Waals surface area contributed by atoms with Crippen LogP contribution < -0.4 is 10.6 Å². The second kappa shape index (κ2) is 6.45. The number of nitrogens with zero attached hydrogens (tertiary/aromatic N) is 2. The van der Waals surface area contributed by atoms with Crippen molar-refractivity contribution in [3.05, 3.63) is 11.9 Å². The van der Waals surface area contributed by atoms with Gasteiger partial charge in [-0.25, -0.2) is 4.79 Å². The highest BCUT2D eigenvalue weighted by molar-refractivity contribution is 5.67. The van der Waals surface area contributed by atoms with E-state index in [-0.39, 0.29) is 0 Å². The molecule has 6 nitrogen and oxygen atoms in total. The largest absolute Gasteiger partial charge is 0.444 e. The number of nitrogens with one attached hydrogen (secondary N) is 2. The van der Waals surface area contributed by atoms with E-state index in [0.717, 1.165) is 17.8 Å². The molecule has 1 heterocycles. The van der Waals surface area contributed by atoms with Crippen LogP contribution in [0.2, 0.25) is 0 Å². The number of anilines is 1. The molecule has 0 saturated heterocycles. The van der Waals surface area contributed by atoms with Crippen LogP contribution in [-0.4, -0.2) is 34.6 Å². The fraction of sp³-hybridized carbons (Fsp3) is 0.692. The number of carbonyl (C=O) groups excluding carboxylic acids is 1. The standard InChI is InChI=1S/C13H24N4O2/c1-6-10-11(9-17(5)16-10)14-7-8-15-12(18)19-13(2,3)4/h9,14H,6-8H2,1-5H3,(H,15,18). The van der Waals surface area contributed by atoms with E-state index in [1.54, 1.807) is 4.68 Å². The topological polar surface area (TPSA) is 68.2 Å². The van der Waals surface area contributed by atoms with Crippen LogP contribution in [0.25, 0.3) is 0 Å². The van der Waals surface area contributed by atoms with Crippen LogP contribution in [0.1, 0.15) is 33.4 Å². The van der Waals surface area contributed by atoms with Crippen LogP contribution in [0.3, 0.4) is 0 Å². The summed E-state index contributed by atoms with van der Waals surface area (Å²) < 4.78 is 6.92. The number of ether oxygens (including phenoxy) is 1. The smallest absolute Gasteiger partial charge is 0.407 e. The third kappa shape index (κ3) is 5.63. The quantitative estimate of drug-likeness (QED) is 0.801. The Balaban J connectivity index is 2.29. The number of aryl methyl sites for hydroxylation is 2. The van der Waals surface area contributed by atoms with Gasteiger partial charge in [0.1, 0.15) is 5.60 Å². The van der Waals surface area contributed by atoms with E-state index in [9.17, 15) is 4.79 Å². The second-order valence-electron chi connectivity index (χ2n) is 5.37. The van der Waals surface area contributed by atoms with Crippen LogP contribution in [0.15, 0.2) is 6.20 Å². The van der Waals surface area contributed by atoms with Crippen molar-refractivity contribution in [2.24, 2.45) is 7.05 Å². The molecular weight excluding hydrogens is 244 g/mol. The number of hydrogen-bond acceptors (Lipinski definition) is 4.